The molecule has 2 fully saturated rings. The summed E-state index contributed by atoms with van der Waals surface area (Å²) in [6.07, 6.45) is 5.66. The van der Waals surface area contributed by atoms with Gasteiger partial charge in [-0.25, -0.2) is 13.4 Å². The number of sulfone groups is 1. The first-order chi connectivity index (χ1) is 14.7. The Balaban J connectivity index is 1.82. The third kappa shape index (κ3) is 3.51. The molecule has 2 aliphatic rings. The lowest BCUT2D eigenvalue weighted by atomic mass is 10.1. The molecule has 0 aromatic carbocycles. The Morgan fingerprint density at radius 3 is 2.77 bits per heavy atom. The minimum Gasteiger partial charge on any atom is -0.293 e. The molecule has 0 N–H and O–H groups in total. The van der Waals surface area contributed by atoms with Gasteiger partial charge in [0.05, 0.1) is 40.0 Å². The van der Waals surface area contributed by atoms with Crippen molar-refractivity contribution in [3.05, 3.63) is 41.1 Å². The van der Waals surface area contributed by atoms with Crippen molar-refractivity contribution < 1.29 is 13.2 Å². The largest absolute Gasteiger partial charge is 0.293 e. The van der Waals surface area contributed by atoms with Crippen LogP contribution < -0.4 is 0 Å². The Morgan fingerprint density at radius 2 is 2.19 bits per heavy atom. The van der Waals surface area contributed by atoms with E-state index in [-0.39, 0.29) is 16.5 Å². The normalized spacial score (nSPS) is 23.5. The number of Topliss-reactive ketones (excluding diaryl/α,β-unsaturated/α-hetero) is 1. The van der Waals surface area contributed by atoms with Crippen LogP contribution in [0.5, 0.6) is 0 Å². The predicted octanol–water partition coefficient (Wildman–Crippen LogP) is 3.52. The average Bonchev–Trinajstić information content (AvgIpc) is 3.48. The summed E-state index contributed by atoms with van der Waals surface area (Å²) in [5, 5.41) is 13.7. The molecule has 1 saturated carbocycles. The highest BCUT2D eigenvalue weighted by molar-refractivity contribution is 7.97. The van der Waals surface area contributed by atoms with Gasteiger partial charge in [-0.3, -0.25) is 14.5 Å². The van der Waals surface area contributed by atoms with Crippen LogP contribution in [-0.4, -0.2) is 39.9 Å². The van der Waals surface area contributed by atoms with E-state index in [1.54, 1.807) is 13.1 Å². The molecule has 160 valence electrons. The van der Waals surface area contributed by atoms with Crippen LogP contribution in [0.15, 0.2) is 40.4 Å². The molecule has 1 aliphatic heterocycles. The third-order valence-electron chi connectivity index (χ3n) is 5.95. The van der Waals surface area contributed by atoms with E-state index in [1.165, 1.54) is 13.0 Å². The van der Waals surface area contributed by atoms with Crippen molar-refractivity contribution in [3.8, 4) is 6.07 Å². The van der Waals surface area contributed by atoms with Crippen LogP contribution in [0, 0.1) is 24.2 Å². The zero-order valence-corrected chi connectivity index (χ0v) is 18.5. The Kier molecular flexibility index (Phi) is 5.13. The Morgan fingerprint density at radius 1 is 1.48 bits per heavy atom. The predicted molar refractivity (Wildman–Crippen MR) is 118 cm³/mol. The lowest BCUT2D eigenvalue weighted by Crippen LogP contribution is -2.17. The van der Waals surface area contributed by atoms with E-state index in [0.29, 0.717) is 23.9 Å². The lowest BCUT2D eigenvalue weighted by molar-refractivity contribution is -0.114. The molecule has 1 saturated heterocycles. The van der Waals surface area contributed by atoms with Gasteiger partial charge in [0.1, 0.15) is 5.25 Å². The number of nitriles is 1. The molecule has 0 spiro atoms. The van der Waals surface area contributed by atoms with Crippen LogP contribution in [0.4, 0.5) is 5.82 Å². The van der Waals surface area contributed by atoms with Gasteiger partial charge in [0, 0.05) is 17.5 Å². The van der Waals surface area contributed by atoms with Crippen molar-refractivity contribution in [1.29, 1.82) is 5.26 Å². The second kappa shape index (κ2) is 7.54. The van der Waals surface area contributed by atoms with Gasteiger partial charge in [-0.05, 0) is 51.7 Å². The fourth-order valence-corrected chi connectivity index (χ4v) is 5.31. The van der Waals surface area contributed by atoms with Crippen molar-refractivity contribution in [1.82, 2.24) is 14.8 Å². The summed E-state index contributed by atoms with van der Waals surface area (Å²) in [5.41, 5.74) is 2.11. The standard InChI is InChI=1S/C22H23N5O3S/c1-12(11-17-14(3)31(29,30)15(4)21(17)28)25-22-20-13(2)24-10-8-19(20)27(26-22)18(7-9-23)16-5-6-16/h8,10-11,15-16,18H,3,5-7H2,1-2,4H3/b17-11+,25-12?. The number of aryl methyl sites for hydroxylation is 1. The summed E-state index contributed by atoms with van der Waals surface area (Å²) >= 11 is 0. The van der Waals surface area contributed by atoms with Gasteiger partial charge in [0.2, 0.25) is 0 Å². The van der Waals surface area contributed by atoms with Crippen LogP contribution in [-0.2, 0) is 14.6 Å². The molecule has 4 rings (SSSR count). The molecule has 1 aliphatic carbocycles. The molecule has 2 aromatic rings. The van der Waals surface area contributed by atoms with Crippen LogP contribution in [0.2, 0.25) is 0 Å². The third-order valence-corrected chi connectivity index (χ3v) is 8.00. The van der Waals surface area contributed by atoms with E-state index in [4.69, 9.17) is 5.10 Å². The van der Waals surface area contributed by atoms with Crippen molar-refractivity contribution in [2.75, 3.05) is 0 Å². The van der Waals surface area contributed by atoms with E-state index in [1.807, 2.05) is 17.7 Å². The Hall–Kier alpha value is -3.12. The zero-order valence-electron chi connectivity index (χ0n) is 17.7. The van der Waals surface area contributed by atoms with E-state index in [9.17, 15) is 18.5 Å². The highest BCUT2D eigenvalue weighted by Gasteiger charge is 2.43. The van der Waals surface area contributed by atoms with Gasteiger partial charge in [-0.15, -0.1) is 0 Å². The monoisotopic (exact) mass is 437 g/mol. The number of aromatic nitrogens is 3. The fourth-order valence-electron chi connectivity index (χ4n) is 4.01. The second-order valence-electron chi connectivity index (χ2n) is 8.11. The molecule has 0 radical (unpaired) electrons. The fraction of sp³-hybridized carbons (Fsp3) is 0.409. The maximum Gasteiger partial charge on any atom is 0.188 e. The smallest absolute Gasteiger partial charge is 0.188 e. The van der Waals surface area contributed by atoms with E-state index >= 15 is 0 Å². The minimum atomic E-state index is -3.71. The molecule has 9 heteroatoms. The second-order valence-corrected chi connectivity index (χ2v) is 10.4. The van der Waals surface area contributed by atoms with Crippen molar-refractivity contribution >= 4 is 38.1 Å². The molecule has 3 heterocycles. The van der Waals surface area contributed by atoms with Crippen molar-refractivity contribution in [3.63, 3.8) is 0 Å². The molecular weight excluding hydrogens is 414 g/mol. The van der Waals surface area contributed by atoms with Gasteiger partial charge in [0.25, 0.3) is 0 Å². The van der Waals surface area contributed by atoms with E-state index in [0.717, 1.165) is 29.4 Å². The minimum absolute atomic E-state index is 0.0286. The number of carbonyl (C=O) groups is 1. The van der Waals surface area contributed by atoms with Gasteiger partial charge in [-0.1, -0.05) is 6.58 Å². The topological polar surface area (TPSA) is 118 Å². The summed E-state index contributed by atoms with van der Waals surface area (Å²) in [7, 11) is -3.71. The van der Waals surface area contributed by atoms with Crippen LogP contribution >= 0.6 is 0 Å². The van der Waals surface area contributed by atoms with Crippen molar-refractivity contribution in [2.45, 2.75) is 51.3 Å². The number of carbonyl (C=O) groups excluding carboxylic acids is 1. The SMILES string of the molecule is C=C1/C(=C\C(C)=Nc2nn(C(CC#N)C3CC3)c3ccnc(C)c23)C(=O)C(C)S1(=O)=O. The maximum atomic E-state index is 12.4. The molecule has 8 nitrogen and oxygen atoms in total. The first-order valence-corrected chi connectivity index (χ1v) is 11.7. The van der Waals surface area contributed by atoms with Gasteiger partial charge in [-0.2, -0.15) is 10.4 Å². The highest BCUT2D eigenvalue weighted by Crippen LogP contribution is 2.43. The van der Waals surface area contributed by atoms with Gasteiger partial charge < -0.3 is 0 Å². The number of allylic oxidation sites excluding steroid dienone is 2. The summed E-state index contributed by atoms with van der Waals surface area (Å²) < 4.78 is 26.3. The molecule has 2 atom stereocenters. The number of aliphatic imine (C=N–C) groups is 1. The van der Waals surface area contributed by atoms with E-state index in [2.05, 4.69) is 22.6 Å². The van der Waals surface area contributed by atoms with E-state index < -0.39 is 20.9 Å². The van der Waals surface area contributed by atoms with Gasteiger partial charge in [0.15, 0.2) is 21.4 Å². The zero-order chi connectivity index (χ0) is 22.5. The van der Waals surface area contributed by atoms with Gasteiger partial charge >= 0.3 is 0 Å². The van der Waals surface area contributed by atoms with Crippen molar-refractivity contribution in [2.24, 2.45) is 10.9 Å². The number of nitrogens with zero attached hydrogens (tertiary/aromatic N) is 5. The highest BCUT2D eigenvalue weighted by atomic mass is 32.2. The number of fused-ring (bicyclic) bond motifs is 1. The quantitative estimate of drug-likeness (QED) is 0.522. The number of rotatable bonds is 5. The maximum absolute atomic E-state index is 12.4. The Bertz CT molecular complexity index is 1320. The summed E-state index contributed by atoms with van der Waals surface area (Å²) in [5.74, 6) is 0.378. The summed E-state index contributed by atoms with van der Waals surface area (Å²) in [4.78, 5) is 21.2. The first-order valence-electron chi connectivity index (χ1n) is 10.1. The first kappa shape index (κ1) is 21.1. The number of hydrogen-bond acceptors (Lipinski definition) is 7. The summed E-state index contributed by atoms with van der Waals surface area (Å²) in [6, 6.07) is 4.10. The molecule has 2 unspecified atom stereocenters. The average molecular weight is 438 g/mol. The molecule has 0 amide bonds. The number of ketones is 1. The van der Waals surface area contributed by atoms with Crippen LogP contribution in [0.3, 0.4) is 0 Å². The number of hydrogen-bond donors (Lipinski definition) is 0. The lowest BCUT2D eigenvalue weighted by Gasteiger charge is -2.14. The molecule has 31 heavy (non-hydrogen) atoms. The Labute approximate surface area is 180 Å². The molecule has 2 aromatic heterocycles. The van der Waals surface area contributed by atoms with Crippen LogP contribution in [0.1, 0.15) is 44.8 Å². The number of pyridine rings is 1. The molecular formula is C22H23N5O3S. The van der Waals surface area contributed by atoms with Crippen LogP contribution in [0.25, 0.3) is 10.9 Å². The molecule has 0 bridgehead atoms. The summed E-state index contributed by atoms with van der Waals surface area (Å²) in [6.45, 7) is 8.52.